The summed E-state index contributed by atoms with van der Waals surface area (Å²) in [6.07, 6.45) is 6.94. The topological polar surface area (TPSA) is 44.0 Å². The summed E-state index contributed by atoms with van der Waals surface area (Å²) in [6.45, 7) is 2.20. The maximum absolute atomic E-state index is 8.71. The Morgan fingerprint density at radius 3 is 2.42 bits per heavy atom. The molecule has 0 fully saturated rings. The van der Waals surface area contributed by atoms with Gasteiger partial charge in [-0.05, 0) is 6.42 Å². The number of unbranched alkanes of at least 4 members (excludes halogenated alkanes) is 4. The highest BCUT2D eigenvalue weighted by Crippen LogP contribution is 2.10. The molecule has 0 aromatic carbocycles. The highest BCUT2D eigenvalue weighted by Gasteiger charge is 2.03. The van der Waals surface area contributed by atoms with Crippen molar-refractivity contribution >= 4 is 0 Å². The van der Waals surface area contributed by atoms with Crippen molar-refractivity contribution in [3.8, 4) is 6.07 Å². The predicted octanol–water partition coefficient (Wildman–Crippen LogP) is 2.48. The van der Waals surface area contributed by atoms with Crippen LogP contribution in [0.15, 0.2) is 0 Å². The van der Waals surface area contributed by atoms with Gasteiger partial charge in [-0.15, -0.1) is 0 Å². The van der Waals surface area contributed by atoms with Gasteiger partial charge < -0.3 is 5.11 Å². The molecule has 0 radical (unpaired) electrons. The van der Waals surface area contributed by atoms with Gasteiger partial charge in [0.1, 0.15) is 0 Å². The summed E-state index contributed by atoms with van der Waals surface area (Å²) in [4.78, 5) is 0. The molecule has 0 aromatic heterocycles. The van der Waals surface area contributed by atoms with Gasteiger partial charge in [0.15, 0.2) is 0 Å². The fourth-order valence-electron chi connectivity index (χ4n) is 1.19. The SMILES string of the molecule is CCCCCCCC(C#N)CO. The van der Waals surface area contributed by atoms with Crippen LogP contribution < -0.4 is 0 Å². The molecule has 0 spiro atoms. The second-order valence-corrected chi connectivity index (χ2v) is 3.21. The van der Waals surface area contributed by atoms with Crippen LogP contribution >= 0.6 is 0 Å². The van der Waals surface area contributed by atoms with Gasteiger partial charge in [-0.2, -0.15) is 5.26 Å². The fraction of sp³-hybridized carbons (Fsp3) is 0.900. The van der Waals surface area contributed by atoms with Crippen LogP contribution in [0.4, 0.5) is 0 Å². The van der Waals surface area contributed by atoms with Crippen LogP contribution in [0, 0.1) is 17.2 Å². The third-order valence-corrected chi connectivity index (χ3v) is 2.06. The standard InChI is InChI=1S/C10H19NO/c1-2-3-4-5-6-7-10(8-11)9-12/h10,12H,2-7,9H2,1H3. The van der Waals surface area contributed by atoms with Crippen molar-refractivity contribution in [1.82, 2.24) is 0 Å². The Bertz CT molecular complexity index is 128. The van der Waals surface area contributed by atoms with Crippen LogP contribution in [0.25, 0.3) is 0 Å². The average molecular weight is 169 g/mol. The molecular formula is C10H19NO. The van der Waals surface area contributed by atoms with Gasteiger partial charge in [0.25, 0.3) is 0 Å². The van der Waals surface area contributed by atoms with E-state index in [0.29, 0.717) is 0 Å². The van der Waals surface area contributed by atoms with E-state index in [1.165, 1.54) is 25.7 Å². The summed E-state index contributed by atoms with van der Waals surface area (Å²) in [5.74, 6) is -0.133. The Hall–Kier alpha value is -0.550. The first-order valence-electron chi connectivity index (χ1n) is 4.85. The normalized spacial score (nSPS) is 12.4. The molecule has 0 aliphatic carbocycles. The molecule has 0 aliphatic rings. The maximum atomic E-state index is 8.71. The van der Waals surface area contributed by atoms with Gasteiger partial charge >= 0.3 is 0 Å². The lowest BCUT2D eigenvalue weighted by atomic mass is 10.0. The second kappa shape index (κ2) is 8.55. The third kappa shape index (κ3) is 6.18. The van der Waals surface area contributed by atoms with Crippen LogP contribution in [-0.4, -0.2) is 11.7 Å². The quantitative estimate of drug-likeness (QED) is 0.595. The van der Waals surface area contributed by atoms with Crippen LogP contribution in [0.2, 0.25) is 0 Å². The molecule has 0 saturated carbocycles. The first-order valence-corrected chi connectivity index (χ1v) is 4.85. The van der Waals surface area contributed by atoms with E-state index in [1.807, 2.05) is 0 Å². The number of hydrogen-bond donors (Lipinski definition) is 1. The van der Waals surface area contributed by atoms with Crippen LogP contribution in [-0.2, 0) is 0 Å². The maximum Gasteiger partial charge on any atom is 0.0694 e. The predicted molar refractivity (Wildman–Crippen MR) is 49.6 cm³/mol. The van der Waals surface area contributed by atoms with E-state index in [1.54, 1.807) is 0 Å². The molecule has 0 saturated heterocycles. The minimum atomic E-state index is -0.133. The monoisotopic (exact) mass is 169 g/mol. The molecule has 0 bridgehead atoms. The van der Waals surface area contributed by atoms with Gasteiger partial charge in [0.05, 0.1) is 18.6 Å². The molecule has 1 atom stereocenters. The van der Waals surface area contributed by atoms with Gasteiger partial charge in [0, 0.05) is 0 Å². The molecule has 70 valence electrons. The first kappa shape index (κ1) is 11.4. The first-order chi connectivity index (χ1) is 5.85. The van der Waals surface area contributed by atoms with Gasteiger partial charge in [-0.1, -0.05) is 39.0 Å². The Kier molecular flexibility index (Phi) is 8.15. The third-order valence-electron chi connectivity index (χ3n) is 2.06. The van der Waals surface area contributed by atoms with Crippen molar-refractivity contribution in [3.05, 3.63) is 0 Å². The highest BCUT2D eigenvalue weighted by molar-refractivity contribution is 4.81. The van der Waals surface area contributed by atoms with Gasteiger partial charge in [0.2, 0.25) is 0 Å². The Morgan fingerprint density at radius 2 is 1.92 bits per heavy atom. The zero-order valence-corrected chi connectivity index (χ0v) is 7.92. The van der Waals surface area contributed by atoms with E-state index >= 15 is 0 Å². The van der Waals surface area contributed by atoms with Crippen LogP contribution in [0.5, 0.6) is 0 Å². The lowest BCUT2D eigenvalue weighted by Crippen LogP contribution is -2.02. The number of nitrogens with zero attached hydrogens (tertiary/aromatic N) is 1. The summed E-state index contributed by atoms with van der Waals surface area (Å²) < 4.78 is 0. The van der Waals surface area contributed by atoms with E-state index in [-0.39, 0.29) is 12.5 Å². The summed E-state index contributed by atoms with van der Waals surface area (Å²) in [5, 5.41) is 17.2. The van der Waals surface area contributed by atoms with Crippen molar-refractivity contribution in [1.29, 1.82) is 5.26 Å². The van der Waals surface area contributed by atoms with E-state index in [9.17, 15) is 0 Å². The second-order valence-electron chi connectivity index (χ2n) is 3.21. The minimum Gasteiger partial charge on any atom is -0.395 e. The smallest absolute Gasteiger partial charge is 0.0694 e. The summed E-state index contributed by atoms with van der Waals surface area (Å²) in [5.41, 5.74) is 0. The van der Waals surface area contributed by atoms with E-state index in [4.69, 9.17) is 10.4 Å². The average Bonchev–Trinajstić information content (AvgIpc) is 2.11. The fourth-order valence-corrected chi connectivity index (χ4v) is 1.19. The Balaban J connectivity index is 3.13. The Labute approximate surface area is 75.2 Å². The molecule has 0 amide bonds. The number of rotatable bonds is 7. The summed E-state index contributed by atoms with van der Waals surface area (Å²) in [7, 11) is 0. The number of hydrogen-bond acceptors (Lipinski definition) is 2. The van der Waals surface area contributed by atoms with Gasteiger partial charge in [-0.25, -0.2) is 0 Å². The van der Waals surface area contributed by atoms with Crippen molar-refractivity contribution in [2.24, 2.45) is 5.92 Å². The molecule has 1 unspecified atom stereocenters. The van der Waals surface area contributed by atoms with E-state index < -0.39 is 0 Å². The van der Waals surface area contributed by atoms with Crippen molar-refractivity contribution in [3.63, 3.8) is 0 Å². The highest BCUT2D eigenvalue weighted by atomic mass is 16.3. The van der Waals surface area contributed by atoms with Crippen LogP contribution in [0.1, 0.15) is 45.4 Å². The van der Waals surface area contributed by atoms with Crippen molar-refractivity contribution in [2.75, 3.05) is 6.61 Å². The van der Waals surface area contributed by atoms with Crippen molar-refractivity contribution in [2.45, 2.75) is 45.4 Å². The molecule has 0 heterocycles. The molecule has 2 heteroatoms. The molecule has 0 aliphatic heterocycles. The Morgan fingerprint density at radius 1 is 1.25 bits per heavy atom. The number of nitriles is 1. The largest absolute Gasteiger partial charge is 0.395 e. The van der Waals surface area contributed by atoms with E-state index in [0.717, 1.165) is 12.8 Å². The van der Waals surface area contributed by atoms with E-state index in [2.05, 4.69) is 13.0 Å². The van der Waals surface area contributed by atoms with Crippen molar-refractivity contribution < 1.29 is 5.11 Å². The molecule has 0 rings (SSSR count). The lowest BCUT2D eigenvalue weighted by Gasteiger charge is -2.03. The number of aliphatic hydroxyl groups is 1. The summed E-state index contributed by atoms with van der Waals surface area (Å²) in [6, 6.07) is 2.09. The zero-order valence-electron chi connectivity index (χ0n) is 7.92. The van der Waals surface area contributed by atoms with Crippen LogP contribution in [0.3, 0.4) is 0 Å². The number of aliphatic hydroxyl groups excluding tert-OH is 1. The molecule has 0 aromatic rings. The minimum absolute atomic E-state index is 0.0181. The molecule has 1 N–H and O–H groups in total. The zero-order chi connectivity index (χ0) is 9.23. The lowest BCUT2D eigenvalue weighted by molar-refractivity contribution is 0.247. The summed E-state index contributed by atoms with van der Waals surface area (Å²) >= 11 is 0. The molecular weight excluding hydrogens is 150 g/mol. The molecule has 2 nitrogen and oxygen atoms in total. The molecule has 12 heavy (non-hydrogen) atoms. The van der Waals surface area contributed by atoms with Gasteiger partial charge in [-0.3, -0.25) is 0 Å².